The van der Waals surface area contributed by atoms with Crippen molar-refractivity contribution < 1.29 is 4.74 Å². The highest BCUT2D eigenvalue weighted by molar-refractivity contribution is 14.0. The quantitative estimate of drug-likeness (QED) is 0.345. The molecule has 0 aromatic carbocycles. The van der Waals surface area contributed by atoms with E-state index in [1.54, 1.807) is 0 Å². The van der Waals surface area contributed by atoms with Gasteiger partial charge in [-0.25, -0.2) is 0 Å². The molecule has 0 bridgehead atoms. The van der Waals surface area contributed by atoms with Crippen molar-refractivity contribution >= 4 is 41.3 Å². The van der Waals surface area contributed by atoms with Crippen LogP contribution in [0.15, 0.2) is 22.5 Å². The van der Waals surface area contributed by atoms with Crippen molar-refractivity contribution in [3.05, 3.63) is 22.4 Å². The Morgan fingerprint density at radius 1 is 1.35 bits per heavy atom. The van der Waals surface area contributed by atoms with E-state index in [4.69, 9.17) is 4.74 Å². The van der Waals surface area contributed by atoms with Gasteiger partial charge in [0.15, 0.2) is 5.96 Å². The second kappa shape index (κ2) is 11.4. The number of hydrogen-bond donors (Lipinski definition) is 2. The largest absolute Gasteiger partial charge is 0.379 e. The van der Waals surface area contributed by atoms with Gasteiger partial charge in [0.25, 0.3) is 0 Å². The average molecular weight is 495 g/mol. The molecule has 26 heavy (non-hydrogen) atoms. The Morgan fingerprint density at radius 3 is 2.58 bits per heavy atom. The van der Waals surface area contributed by atoms with Crippen molar-refractivity contribution in [1.29, 1.82) is 0 Å². The fourth-order valence-corrected chi connectivity index (χ4v) is 3.51. The minimum absolute atomic E-state index is 0. The van der Waals surface area contributed by atoms with Gasteiger partial charge in [-0.2, -0.15) is 0 Å². The molecule has 0 spiro atoms. The minimum atomic E-state index is 0. The molecular weight excluding hydrogens is 461 g/mol. The van der Waals surface area contributed by atoms with Gasteiger partial charge in [-0.1, -0.05) is 6.07 Å². The Morgan fingerprint density at radius 2 is 2.04 bits per heavy atom. The first kappa shape index (κ1) is 23.6. The number of guanidine groups is 1. The van der Waals surface area contributed by atoms with Crippen molar-refractivity contribution in [2.24, 2.45) is 4.99 Å². The summed E-state index contributed by atoms with van der Waals surface area (Å²) in [6.45, 7) is 9.68. The summed E-state index contributed by atoms with van der Waals surface area (Å²) in [4.78, 5) is 10.5. The van der Waals surface area contributed by atoms with Crippen molar-refractivity contribution in [2.45, 2.75) is 25.4 Å². The Labute approximate surface area is 179 Å². The second-order valence-electron chi connectivity index (χ2n) is 7.19. The number of rotatable bonds is 7. The number of aliphatic imine (C=N–C) groups is 1. The minimum Gasteiger partial charge on any atom is -0.379 e. The van der Waals surface area contributed by atoms with Crippen molar-refractivity contribution in [3.8, 4) is 0 Å². The van der Waals surface area contributed by atoms with Crippen LogP contribution in [0, 0.1) is 0 Å². The van der Waals surface area contributed by atoms with Crippen LogP contribution in [0.5, 0.6) is 0 Å². The van der Waals surface area contributed by atoms with Crippen LogP contribution in [-0.4, -0.2) is 81.8 Å². The summed E-state index contributed by atoms with van der Waals surface area (Å²) in [5, 5.41) is 9.11. The highest BCUT2D eigenvalue weighted by Gasteiger charge is 2.24. The molecule has 1 saturated heterocycles. The third kappa shape index (κ3) is 6.95. The number of morpholine rings is 1. The Hall–Kier alpha value is -0.420. The molecule has 150 valence electrons. The molecule has 1 fully saturated rings. The first-order valence-electron chi connectivity index (χ1n) is 8.91. The van der Waals surface area contributed by atoms with Gasteiger partial charge in [0.2, 0.25) is 0 Å². The first-order chi connectivity index (χ1) is 11.9. The molecule has 8 heteroatoms. The van der Waals surface area contributed by atoms with E-state index in [9.17, 15) is 0 Å². The predicted molar refractivity (Wildman–Crippen MR) is 122 cm³/mol. The number of hydrogen-bond acceptors (Lipinski definition) is 5. The molecule has 1 aliphatic heterocycles. The van der Waals surface area contributed by atoms with Crippen molar-refractivity contribution in [1.82, 2.24) is 20.4 Å². The molecule has 6 nitrogen and oxygen atoms in total. The van der Waals surface area contributed by atoms with Gasteiger partial charge in [-0.3, -0.25) is 9.89 Å². The maximum Gasteiger partial charge on any atom is 0.191 e. The number of nitrogens with one attached hydrogen (secondary N) is 2. The number of nitrogens with zero attached hydrogens (tertiary/aromatic N) is 3. The summed E-state index contributed by atoms with van der Waals surface area (Å²) >= 11 is 1.82. The smallest absolute Gasteiger partial charge is 0.191 e. The van der Waals surface area contributed by atoms with Crippen LogP contribution in [0.1, 0.15) is 24.8 Å². The third-order valence-electron chi connectivity index (χ3n) is 4.94. The third-order valence-corrected chi connectivity index (χ3v) is 5.92. The second-order valence-corrected chi connectivity index (χ2v) is 8.17. The SMILES string of the molecule is CN=C(NCC(c1cccs1)N1CCOCC1)NCC(C)(C)N(C)C.I. The van der Waals surface area contributed by atoms with Gasteiger partial charge >= 0.3 is 0 Å². The topological polar surface area (TPSA) is 52.1 Å². The molecule has 1 aliphatic rings. The molecule has 1 atom stereocenters. The number of likely N-dealkylation sites (N-methyl/N-ethyl adjacent to an activating group) is 1. The fourth-order valence-electron chi connectivity index (χ4n) is 2.65. The molecule has 0 aliphatic carbocycles. The molecule has 2 N–H and O–H groups in total. The number of thiophene rings is 1. The monoisotopic (exact) mass is 495 g/mol. The Balaban J connectivity index is 0.00000338. The molecule has 1 aromatic heterocycles. The fraction of sp³-hybridized carbons (Fsp3) is 0.722. The highest BCUT2D eigenvalue weighted by atomic mass is 127. The Kier molecular flexibility index (Phi) is 10.4. The molecule has 0 radical (unpaired) electrons. The average Bonchev–Trinajstić information content (AvgIpc) is 3.13. The molecule has 2 rings (SSSR count). The van der Waals surface area contributed by atoms with E-state index in [1.807, 2.05) is 18.4 Å². The summed E-state index contributed by atoms with van der Waals surface area (Å²) in [6, 6.07) is 4.70. The lowest BCUT2D eigenvalue weighted by Gasteiger charge is -2.35. The van der Waals surface area contributed by atoms with Crippen molar-refractivity contribution in [2.75, 3.05) is 60.5 Å². The van der Waals surface area contributed by atoms with Crippen LogP contribution in [0.3, 0.4) is 0 Å². The van der Waals surface area contributed by atoms with Gasteiger partial charge < -0.3 is 20.3 Å². The molecular formula is C18H34IN5OS. The van der Waals surface area contributed by atoms with E-state index in [1.165, 1.54) is 4.88 Å². The van der Waals surface area contributed by atoms with Gasteiger partial charge in [0.1, 0.15) is 0 Å². The summed E-state index contributed by atoms with van der Waals surface area (Å²) in [5.41, 5.74) is 0.0645. The standard InChI is InChI=1S/C18H33N5OS.HI/c1-18(2,22(4)5)14-21-17(19-3)20-13-15(16-7-6-12-25-16)23-8-10-24-11-9-23;/h6-7,12,15H,8-11,13-14H2,1-5H3,(H2,19,20,21);1H. The lowest BCUT2D eigenvalue weighted by molar-refractivity contribution is 0.0177. The normalized spacial score (nSPS) is 17.7. The van der Waals surface area contributed by atoms with E-state index in [-0.39, 0.29) is 29.5 Å². The summed E-state index contributed by atoms with van der Waals surface area (Å²) in [6.07, 6.45) is 0. The zero-order chi connectivity index (χ0) is 18.3. The molecule has 1 unspecified atom stereocenters. The van der Waals surface area contributed by atoms with Crippen LogP contribution < -0.4 is 10.6 Å². The molecule has 1 aromatic rings. The number of halogens is 1. The van der Waals surface area contributed by atoms with Gasteiger partial charge in [-0.05, 0) is 39.4 Å². The highest BCUT2D eigenvalue weighted by Crippen LogP contribution is 2.25. The lowest BCUT2D eigenvalue weighted by Crippen LogP contribution is -2.52. The zero-order valence-corrected chi connectivity index (χ0v) is 19.8. The van der Waals surface area contributed by atoms with E-state index in [0.717, 1.165) is 45.4 Å². The van der Waals surface area contributed by atoms with Gasteiger partial charge in [0, 0.05) is 43.6 Å². The van der Waals surface area contributed by atoms with Gasteiger partial charge in [0.05, 0.1) is 19.3 Å². The van der Waals surface area contributed by atoms with E-state index in [0.29, 0.717) is 6.04 Å². The lowest BCUT2D eigenvalue weighted by atomic mass is 10.0. The van der Waals surface area contributed by atoms with Crippen LogP contribution in [0.4, 0.5) is 0 Å². The Bertz CT molecular complexity index is 530. The maximum atomic E-state index is 5.51. The maximum absolute atomic E-state index is 5.51. The van der Waals surface area contributed by atoms with Gasteiger partial charge in [-0.15, -0.1) is 35.3 Å². The van der Waals surface area contributed by atoms with Crippen molar-refractivity contribution in [3.63, 3.8) is 0 Å². The summed E-state index contributed by atoms with van der Waals surface area (Å²) in [5.74, 6) is 0.852. The molecule has 2 heterocycles. The van der Waals surface area contributed by atoms with Crippen LogP contribution in [0.25, 0.3) is 0 Å². The predicted octanol–water partition coefficient (Wildman–Crippen LogP) is 2.24. The number of ether oxygens (including phenoxy) is 1. The zero-order valence-electron chi connectivity index (χ0n) is 16.6. The summed E-state index contributed by atoms with van der Waals surface area (Å²) in [7, 11) is 6.03. The van der Waals surface area contributed by atoms with E-state index < -0.39 is 0 Å². The first-order valence-corrected chi connectivity index (χ1v) is 9.79. The van der Waals surface area contributed by atoms with Crippen LogP contribution >= 0.6 is 35.3 Å². The van der Waals surface area contributed by atoms with Crippen LogP contribution in [-0.2, 0) is 4.74 Å². The van der Waals surface area contributed by atoms with E-state index in [2.05, 4.69) is 70.9 Å². The van der Waals surface area contributed by atoms with Crippen LogP contribution in [0.2, 0.25) is 0 Å². The summed E-state index contributed by atoms with van der Waals surface area (Å²) < 4.78 is 5.51. The molecule has 0 saturated carbocycles. The van der Waals surface area contributed by atoms with E-state index >= 15 is 0 Å². The molecule has 0 amide bonds.